The van der Waals surface area contributed by atoms with Gasteiger partial charge < -0.3 is 9.64 Å². The van der Waals surface area contributed by atoms with Gasteiger partial charge in [0.05, 0.1) is 13.5 Å². The smallest absolute Gasteiger partial charge is 0.389 e. The summed E-state index contributed by atoms with van der Waals surface area (Å²) in [6.45, 7) is 1.86. The summed E-state index contributed by atoms with van der Waals surface area (Å²) in [5.74, 6) is 0.856. The number of likely N-dealkylation sites (tertiary alicyclic amines) is 1. The molecule has 0 atom stereocenters. The summed E-state index contributed by atoms with van der Waals surface area (Å²) in [7, 11) is 3.56. The molecule has 1 aliphatic rings. The van der Waals surface area contributed by atoms with Gasteiger partial charge in [0, 0.05) is 37.0 Å². The maximum absolute atomic E-state index is 12.6. The monoisotopic (exact) mass is 466 g/mol. The van der Waals surface area contributed by atoms with Gasteiger partial charge in [-0.3, -0.25) is 9.36 Å². The van der Waals surface area contributed by atoms with Gasteiger partial charge in [0.2, 0.25) is 0 Å². The fraction of sp³-hybridized carbons (Fsp3) is 0.435. The number of aryl methyl sites for hydroxylation is 1. The van der Waals surface area contributed by atoms with E-state index in [9.17, 15) is 22.4 Å². The molecule has 1 fully saturated rings. The molecule has 33 heavy (non-hydrogen) atoms. The molecule has 4 rings (SSSR count). The predicted molar refractivity (Wildman–Crippen MR) is 117 cm³/mol. The zero-order valence-corrected chi connectivity index (χ0v) is 18.5. The largest absolute Gasteiger partial charge is 0.497 e. The van der Waals surface area contributed by atoms with Crippen LogP contribution in [0.4, 0.5) is 17.6 Å². The molecule has 3 heterocycles. The molecule has 0 saturated carbocycles. The van der Waals surface area contributed by atoms with Gasteiger partial charge in [-0.1, -0.05) is 0 Å². The summed E-state index contributed by atoms with van der Waals surface area (Å²) in [6, 6.07) is 8.34. The van der Waals surface area contributed by atoms with Gasteiger partial charge in [-0.2, -0.15) is 13.2 Å². The minimum Gasteiger partial charge on any atom is -0.497 e. The van der Waals surface area contributed by atoms with Crippen LogP contribution in [0.3, 0.4) is 0 Å². The number of imidazole rings is 1. The van der Waals surface area contributed by atoms with Crippen molar-refractivity contribution >= 4 is 17.5 Å². The first kappa shape index (κ1) is 24.6. The van der Waals surface area contributed by atoms with E-state index < -0.39 is 18.8 Å². The van der Waals surface area contributed by atoms with Crippen LogP contribution in [-0.4, -0.2) is 65.3 Å². The molecule has 0 unspecified atom stereocenters. The highest BCUT2D eigenvalue weighted by Crippen LogP contribution is 2.27. The van der Waals surface area contributed by atoms with Crippen molar-refractivity contribution in [3.8, 4) is 11.4 Å². The van der Waals surface area contributed by atoms with E-state index in [2.05, 4.69) is 14.9 Å². The number of aldehydes is 1. The fourth-order valence-corrected chi connectivity index (χ4v) is 3.49. The molecule has 0 bridgehead atoms. The van der Waals surface area contributed by atoms with Crippen LogP contribution in [-0.2, 0) is 6.42 Å². The Morgan fingerprint density at radius 1 is 1.18 bits per heavy atom. The number of aromatic nitrogens is 3. The molecule has 1 aromatic carbocycles. The number of carbonyl (C=O) groups is 1. The van der Waals surface area contributed by atoms with E-state index in [0.29, 0.717) is 34.5 Å². The highest BCUT2D eigenvalue weighted by molar-refractivity contribution is 5.83. The number of carbonyl (C=O) groups excluding carboxylic acids is 1. The molecule has 2 aromatic heterocycles. The van der Waals surface area contributed by atoms with Crippen molar-refractivity contribution in [1.29, 1.82) is 0 Å². The van der Waals surface area contributed by atoms with Crippen molar-refractivity contribution in [2.24, 2.45) is 0 Å². The highest BCUT2D eigenvalue weighted by Gasteiger charge is 2.28. The molecule has 0 radical (unpaired) electrons. The van der Waals surface area contributed by atoms with Crippen LogP contribution in [0.2, 0.25) is 0 Å². The average Bonchev–Trinajstić information content (AvgIpc) is 3.17. The van der Waals surface area contributed by atoms with Crippen LogP contribution >= 0.6 is 0 Å². The average molecular weight is 466 g/mol. The molecule has 1 saturated heterocycles. The predicted octanol–water partition coefficient (Wildman–Crippen LogP) is 4.79. The Labute approximate surface area is 189 Å². The van der Waals surface area contributed by atoms with Crippen molar-refractivity contribution < 1.29 is 27.1 Å². The summed E-state index contributed by atoms with van der Waals surface area (Å²) in [4.78, 5) is 21.5. The van der Waals surface area contributed by atoms with Crippen molar-refractivity contribution in [1.82, 2.24) is 19.4 Å². The Kier molecular flexibility index (Phi) is 8.01. The lowest BCUT2D eigenvalue weighted by Gasteiger charge is -2.23. The number of rotatable bonds is 5. The van der Waals surface area contributed by atoms with E-state index in [4.69, 9.17) is 4.74 Å². The van der Waals surface area contributed by atoms with Gasteiger partial charge in [-0.05, 0) is 50.2 Å². The lowest BCUT2D eigenvalue weighted by Crippen LogP contribution is -2.30. The number of halogens is 4. The first-order valence-electron chi connectivity index (χ1n) is 10.6. The van der Waals surface area contributed by atoms with Crippen LogP contribution in [0.1, 0.15) is 35.4 Å². The quantitative estimate of drug-likeness (QED) is 0.400. The molecule has 178 valence electrons. The van der Waals surface area contributed by atoms with E-state index in [1.807, 2.05) is 7.05 Å². The van der Waals surface area contributed by atoms with Crippen molar-refractivity contribution in [3.63, 3.8) is 0 Å². The second-order valence-corrected chi connectivity index (χ2v) is 7.88. The zero-order chi connectivity index (χ0) is 24.0. The van der Waals surface area contributed by atoms with Crippen LogP contribution in [0.15, 0.2) is 36.5 Å². The van der Waals surface area contributed by atoms with Crippen molar-refractivity contribution in [2.75, 3.05) is 27.2 Å². The topological polar surface area (TPSA) is 60.2 Å². The Bertz CT molecular complexity index is 1050. The van der Waals surface area contributed by atoms with E-state index in [-0.39, 0.29) is 12.2 Å². The molecule has 0 aliphatic carbocycles. The minimum absolute atomic E-state index is 0.230. The molecule has 0 spiro atoms. The van der Waals surface area contributed by atoms with Gasteiger partial charge in [-0.25, -0.2) is 14.4 Å². The molecule has 10 heteroatoms. The normalized spacial score (nSPS) is 15.2. The second-order valence-electron chi connectivity index (χ2n) is 7.88. The third-order valence-corrected chi connectivity index (χ3v) is 5.33. The summed E-state index contributed by atoms with van der Waals surface area (Å²) < 4.78 is 56.9. The second kappa shape index (κ2) is 10.7. The van der Waals surface area contributed by atoms with Crippen LogP contribution in [0.25, 0.3) is 16.9 Å². The summed E-state index contributed by atoms with van der Waals surface area (Å²) in [5.41, 5.74) is 1.70. The Balaban J connectivity index is 0.000000323. The lowest BCUT2D eigenvalue weighted by atomic mass is 10.1. The molecular formula is C23H26F4N4O2. The third kappa shape index (κ3) is 6.74. The highest BCUT2D eigenvalue weighted by atomic mass is 19.4. The lowest BCUT2D eigenvalue weighted by molar-refractivity contribution is -0.134. The summed E-state index contributed by atoms with van der Waals surface area (Å²) in [6.07, 6.45) is -2.64. The zero-order valence-electron chi connectivity index (χ0n) is 18.5. The maximum atomic E-state index is 12.6. The van der Waals surface area contributed by atoms with Gasteiger partial charge in [0.1, 0.15) is 23.3 Å². The number of alkyl halides is 4. The Morgan fingerprint density at radius 2 is 1.85 bits per heavy atom. The summed E-state index contributed by atoms with van der Waals surface area (Å²) in [5, 5.41) is 0. The first-order valence-corrected chi connectivity index (χ1v) is 10.6. The van der Waals surface area contributed by atoms with Gasteiger partial charge in [-0.15, -0.1) is 0 Å². The number of benzene rings is 1. The Hall–Kier alpha value is -3.01. The number of nitrogens with zero attached hydrogens (tertiary/aromatic N) is 4. The number of methoxy groups -OCH3 is 1. The fourth-order valence-electron chi connectivity index (χ4n) is 3.49. The molecular weight excluding hydrogens is 440 g/mol. The maximum Gasteiger partial charge on any atom is 0.389 e. The van der Waals surface area contributed by atoms with E-state index in [0.717, 1.165) is 25.9 Å². The number of fused-ring (bicyclic) bond motifs is 1. The standard InChI is InChI=1S/C17H14F3N3O2.C6H12FN/c1-25-13-4-2-12(3-5-13)23-15(6-7-17(18,19)20)22-14-8-11(10-24)9-21-16(14)23;1-8-4-2-6(7)3-5-8/h2-5,8-10H,6-7H2,1H3;6H,2-5H2,1H3. The van der Waals surface area contributed by atoms with E-state index in [1.165, 1.54) is 19.4 Å². The van der Waals surface area contributed by atoms with E-state index in [1.54, 1.807) is 28.8 Å². The van der Waals surface area contributed by atoms with Crippen molar-refractivity contribution in [3.05, 3.63) is 47.9 Å². The number of hydrogen-bond donors (Lipinski definition) is 0. The van der Waals surface area contributed by atoms with Gasteiger partial charge in [0.25, 0.3) is 0 Å². The third-order valence-electron chi connectivity index (χ3n) is 5.33. The molecule has 1 aliphatic heterocycles. The number of piperidine rings is 1. The number of hydrogen-bond acceptors (Lipinski definition) is 5. The molecule has 3 aromatic rings. The van der Waals surface area contributed by atoms with Gasteiger partial charge in [0.15, 0.2) is 11.9 Å². The summed E-state index contributed by atoms with van der Waals surface area (Å²) >= 11 is 0. The minimum atomic E-state index is -4.29. The number of pyridine rings is 1. The van der Waals surface area contributed by atoms with E-state index >= 15 is 0 Å². The Morgan fingerprint density at radius 3 is 2.39 bits per heavy atom. The molecule has 6 nitrogen and oxygen atoms in total. The van der Waals surface area contributed by atoms with Crippen LogP contribution in [0, 0.1) is 0 Å². The molecule has 0 N–H and O–H groups in total. The molecule has 0 amide bonds. The number of ether oxygens (including phenoxy) is 1. The van der Waals surface area contributed by atoms with Crippen LogP contribution < -0.4 is 4.74 Å². The first-order chi connectivity index (χ1) is 15.7. The van der Waals surface area contributed by atoms with Crippen LogP contribution in [0.5, 0.6) is 5.75 Å². The SMILES string of the molecule is CN1CCC(F)CC1.COc1ccc(-n2c(CCC(F)(F)F)nc3cc(C=O)cnc32)cc1. The van der Waals surface area contributed by atoms with Gasteiger partial charge >= 0.3 is 6.18 Å². The van der Waals surface area contributed by atoms with Crippen molar-refractivity contribution in [2.45, 2.75) is 38.0 Å².